The summed E-state index contributed by atoms with van der Waals surface area (Å²) in [5.41, 5.74) is 0. The van der Waals surface area contributed by atoms with E-state index in [9.17, 15) is 4.79 Å². The third kappa shape index (κ3) is 5.28. The molecule has 6 nitrogen and oxygen atoms in total. The monoisotopic (exact) mass is 381 g/mol. The summed E-state index contributed by atoms with van der Waals surface area (Å²) in [5.74, 6) is 2.91. The molecule has 3 aliphatic rings. The highest BCUT2D eigenvalue weighted by Gasteiger charge is 2.31. The standard InChI is InChI=1S/C19H35N5OS/c1-19(7-4-14-26-19)15-22-18(20-2)21-8-9-23-10-12-24(13-11-23)17(25)16-5-3-6-16/h16H,3-15H2,1-2H3,(H2,20,21,22). The highest BCUT2D eigenvalue weighted by atomic mass is 32.2. The fraction of sp³-hybridized carbons (Fsp3) is 0.895. The van der Waals surface area contributed by atoms with Crippen LogP contribution in [0.1, 0.15) is 39.0 Å². The molecule has 1 saturated carbocycles. The van der Waals surface area contributed by atoms with Crippen molar-refractivity contribution in [2.24, 2.45) is 10.9 Å². The first-order valence-electron chi connectivity index (χ1n) is 10.2. The molecule has 1 aliphatic carbocycles. The minimum absolute atomic E-state index is 0.331. The van der Waals surface area contributed by atoms with E-state index in [1.54, 1.807) is 0 Å². The number of guanidine groups is 1. The van der Waals surface area contributed by atoms with Crippen molar-refractivity contribution >= 4 is 23.6 Å². The number of nitrogens with one attached hydrogen (secondary N) is 2. The van der Waals surface area contributed by atoms with Crippen molar-refractivity contribution in [1.29, 1.82) is 0 Å². The number of rotatable bonds is 6. The number of amides is 1. The fourth-order valence-corrected chi connectivity index (χ4v) is 5.15. The number of carbonyl (C=O) groups is 1. The number of thioether (sulfide) groups is 1. The van der Waals surface area contributed by atoms with Crippen LogP contribution in [-0.4, -0.2) is 85.0 Å². The van der Waals surface area contributed by atoms with Crippen LogP contribution in [0, 0.1) is 5.92 Å². The maximum atomic E-state index is 12.3. The number of carbonyl (C=O) groups excluding carboxylic acids is 1. The van der Waals surface area contributed by atoms with Gasteiger partial charge in [0.1, 0.15) is 0 Å². The highest BCUT2D eigenvalue weighted by Crippen LogP contribution is 2.36. The minimum Gasteiger partial charge on any atom is -0.355 e. The van der Waals surface area contributed by atoms with E-state index in [-0.39, 0.29) is 0 Å². The summed E-state index contributed by atoms with van der Waals surface area (Å²) in [4.78, 5) is 21.2. The van der Waals surface area contributed by atoms with Crippen LogP contribution in [0.5, 0.6) is 0 Å². The molecule has 1 amide bonds. The Balaban J connectivity index is 1.30. The summed E-state index contributed by atoms with van der Waals surface area (Å²) in [5, 5.41) is 6.92. The van der Waals surface area contributed by atoms with Crippen molar-refractivity contribution in [2.45, 2.75) is 43.8 Å². The van der Waals surface area contributed by atoms with Gasteiger partial charge in [0.25, 0.3) is 0 Å². The molecular formula is C19H35N5OS. The van der Waals surface area contributed by atoms with Crippen LogP contribution in [0.25, 0.3) is 0 Å². The zero-order valence-corrected chi connectivity index (χ0v) is 17.2. The van der Waals surface area contributed by atoms with E-state index >= 15 is 0 Å². The molecule has 0 aromatic rings. The number of aliphatic imine (C=N–C) groups is 1. The van der Waals surface area contributed by atoms with Crippen LogP contribution in [0.3, 0.4) is 0 Å². The van der Waals surface area contributed by atoms with E-state index in [1.165, 1.54) is 25.0 Å². The molecular weight excluding hydrogens is 346 g/mol. The molecule has 1 atom stereocenters. The Labute approximate surface area is 162 Å². The lowest BCUT2D eigenvalue weighted by atomic mass is 9.84. The summed E-state index contributed by atoms with van der Waals surface area (Å²) >= 11 is 2.07. The van der Waals surface area contributed by atoms with Gasteiger partial charge in [-0.15, -0.1) is 0 Å². The van der Waals surface area contributed by atoms with E-state index in [1.807, 2.05) is 7.05 Å². The first kappa shape index (κ1) is 19.8. The second-order valence-electron chi connectivity index (χ2n) is 8.05. The maximum Gasteiger partial charge on any atom is 0.225 e. The topological polar surface area (TPSA) is 60.0 Å². The van der Waals surface area contributed by atoms with Crippen LogP contribution < -0.4 is 10.6 Å². The predicted octanol–water partition coefficient (Wildman–Crippen LogP) is 1.38. The Bertz CT molecular complexity index is 494. The van der Waals surface area contributed by atoms with Gasteiger partial charge < -0.3 is 15.5 Å². The number of hydrogen-bond acceptors (Lipinski definition) is 4. The largest absolute Gasteiger partial charge is 0.355 e. The smallest absolute Gasteiger partial charge is 0.225 e. The van der Waals surface area contributed by atoms with Gasteiger partial charge in [0.15, 0.2) is 5.96 Å². The fourth-order valence-electron chi connectivity index (χ4n) is 3.91. The van der Waals surface area contributed by atoms with E-state index in [0.717, 1.165) is 64.6 Å². The van der Waals surface area contributed by atoms with Crippen LogP contribution >= 0.6 is 11.8 Å². The van der Waals surface area contributed by atoms with Crippen molar-refractivity contribution in [3.05, 3.63) is 0 Å². The zero-order valence-electron chi connectivity index (χ0n) is 16.4. The Kier molecular flexibility index (Phi) is 7.09. The second kappa shape index (κ2) is 9.31. The average Bonchev–Trinajstić information content (AvgIpc) is 3.04. The van der Waals surface area contributed by atoms with Crippen molar-refractivity contribution in [3.8, 4) is 0 Å². The first-order chi connectivity index (χ1) is 12.6. The molecule has 0 aromatic carbocycles. The third-order valence-corrected chi connectivity index (χ3v) is 7.55. The van der Waals surface area contributed by atoms with E-state index in [2.05, 4.69) is 44.1 Å². The van der Waals surface area contributed by atoms with Crippen molar-refractivity contribution in [3.63, 3.8) is 0 Å². The van der Waals surface area contributed by atoms with E-state index in [4.69, 9.17) is 0 Å². The summed E-state index contributed by atoms with van der Waals surface area (Å²) in [6.45, 7) is 8.95. The molecule has 3 fully saturated rings. The van der Waals surface area contributed by atoms with Gasteiger partial charge in [-0.3, -0.25) is 14.7 Å². The molecule has 7 heteroatoms. The summed E-state index contributed by atoms with van der Waals surface area (Å²) in [6.07, 6.45) is 6.05. The van der Waals surface area contributed by atoms with Gasteiger partial charge in [0.2, 0.25) is 5.91 Å². The number of nitrogens with zero attached hydrogens (tertiary/aromatic N) is 3. The molecule has 3 rings (SSSR count). The molecule has 0 aromatic heterocycles. The van der Waals surface area contributed by atoms with Gasteiger partial charge in [0, 0.05) is 63.5 Å². The SMILES string of the molecule is CN=C(NCCN1CCN(C(=O)C2CCC2)CC1)NCC1(C)CCCS1. The van der Waals surface area contributed by atoms with Crippen molar-refractivity contribution in [2.75, 3.05) is 58.6 Å². The Hall–Kier alpha value is -0.950. The number of piperazine rings is 1. The molecule has 0 bridgehead atoms. The normalized spacial score (nSPS) is 28.1. The molecule has 2 N–H and O–H groups in total. The van der Waals surface area contributed by atoms with Gasteiger partial charge in [-0.2, -0.15) is 11.8 Å². The van der Waals surface area contributed by atoms with Crippen LogP contribution in [0.15, 0.2) is 4.99 Å². The third-order valence-electron chi connectivity index (χ3n) is 6.01. The minimum atomic E-state index is 0.331. The molecule has 0 spiro atoms. The molecule has 1 unspecified atom stereocenters. The molecule has 26 heavy (non-hydrogen) atoms. The lowest BCUT2D eigenvalue weighted by molar-refractivity contribution is -0.139. The van der Waals surface area contributed by atoms with Gasteiger partial charge >= 0.3 is 0 Å². The first-order valence-corrected chi connectivity index (χ1v) is 11.2. The second-order valence-corrected chi connectivity index (χ2v) is 9.73. The average molecular weight is 382 g/mol. The zero-order chi connectivity index (χ0) is 18.4. The van der Waals surface area contributed by atoms with Gasteiger partial charge in [-0.1, -0.05) is 6.42 Å². The van der Waals surface area contributed by atoms with Gasteiger partial charge in [0.05, 0.1) is 0 Å². The lowest BCUT2D eigenvalue weighted by Crippen LogP contribution is -2.52. The van der Waals surface area contributed by atoms with Crippen molar-refractivity contribution < 1.29 is 4.79 Å². The van der Waals surface area contributed by atoms with Gasteiger partial charge in [-0.25, -0.2) is 0 Å². The lowest BCUT2D eigenvalue weighted by Gasteiger charge is -2.38. The number of hydrogen-bond donors (Lipinski definition) is 2. The highest BCUT2D eigenvalue weighted by molar-refractivity contribution is 8.00. The molecule has 2 heterocycles. The summed E-state index contributed by atoms with van der Waals surface area (Å²) in [6, 6.07) is 0. The Morgan fingerprint density at radius 3 is 2.54 bits per heavy atom. The maximum absolute atomic E-state index is 12.3. The summed E-state index contributed by atoms with van der Waals surface area (Å²) < 4.78 is 0.348. The quantitative estimate of drug-likeness (QED) is 0.538. The van der Waals surface area contributed by atoms with E-state index in [0.29, 0.717) is 16.6 Å². The van der Waals surface area contributed by atoms with Gasteiger partial charge in [-0.05, 0) is 38.4 Å². The molecule has 2 aliphatic heterocycles. The van der Waals surface area contributed by atoms with Crippen LogP contribution in [0.2, 0.25) is 0 Å². The summed E-state index contributed by atoms with van der Waals surface area (Å²) in [7, 11) is 1.84. The van der Waals surface area contributed by atoms with Crippen LogP contribution in [0.4, 0.5) is 0 Å². The molecule has 0 radical (unpaired) electrons. The van der Waals surface area contributed by atoms with Crippen LogP contribution in [-0.2, 0) is 4.79 Å². The molecule has 148 valence electrons. The van der Waals surface area contributed by atoms with Crippen molar-refractivity contribution in [1.82, 2.24) is 20.4 Å². The Morgan fingerprint density at radius 1 is 1.19 bits per heavy atom. The Morgan fingerprint density at radius 2 is 1.96 bits per heavy atom. The van der Waals surface area contributed by atoms with E-state index < -0.39 is 0 Å². The predicted molar refractivity (Wildman–Crippen MR) is 110 cm³/mol. The molecule has 2 saturated heterocycles.